The predicted molar refractivity (Wildman–Crippen MR) is 59.6 cm³/mol. The monoisotopic (exact) mass is 226 g/mol. The van der Waals surface area contributed by atoms with Gasteiger partial charge in [-0.25, -0.2) is 0 Å². The maximum absolute atomic E-state index is 11.7. The van der Waals surface area contributed by atoms with Crippen molar-refractivity contribution in [1.29, 1.82) is 0 Å². The van der Waals surface area contributed by atoms with E-state index >= 15 is 0 Å². The molecule has 1 atom stereocenters. The topological polar surface area (TPSA) is 50.4 Å². The molecular formula is C10H14N2O2S. The summed E-state index contributed by atoms with van der Waals surface area (Å²) in [5.74, 6) is 0.742. The molecule has 2 N–H and O–H groups in total. The molecule has 5 heteroatoms. The first-order valence-corrected chi connectivity index (χ1v) is 5.81. The van der Waals surface area contributed by atoms with Gasteiger partial charge in [-0.1, -0.05) is 0 Å². The molecule has 1 unspecified atom stereocenters. The molecule has 1 aliphatic rings. The van der Waals surface area contributed by atoms with Crippen LogP contribution in [0.2, 0.25) is 0 Å². The Balaban J connectivity index is 1.94. The van der Waals surface area contributed by atoms with Crippen LogP contribution in [0.5, 0.6) is 5.75 Å². The fourth-order valence-electron chi connectivity index (χ4n) is 1.58. The lowest BCUT2D eigenvalue weighted by atomic mass is 10.2. The van der Waals surface area contributed by atoms with E-state index in [9.17, 15) is 4.79 Å². The van der Waals surface area contributed by atoms with Crippen LogP contribution < -0.4 is 15.4 Å². The molecule has 0 saturated carbocycles. The first-order chi connectivity index (χ1) is 7.29. The van der Waals surface area contributed by atoms with Crippen LogP contribution >= 0.6 is 11.3 Å². The Kier molecular flexibility index (Phi) is 3.23. The van der Waals surface area contributed by atoms with Gasteiger partial charge in [0.15, 0.2) is 0 Å². The Morgan fingerprint density at radius 3 is 3.20 bits per heavy atom. The van der Waals surface area contributed by atoms with Gasteiger partial charge in [0.1, 0.15) is 5.75 Å². The SMILES string of the molecule is COc1csc(C(=O)NC2CCNC2)c1. The van der Waals surface area contributed by atoms with Crippen molar-refractivity contribution in [3.63, 3.8) is 0 Å². The molecule has 0 aliphatic carbocycles. The van der Waals surface area contributed by atoms with Crippen molar-refractivity contribution in [3.05, 3.63) is 16.3 Å². The van der Waals surface area contributed by atoms with Crippen LogP contribution in [0.3, 0.4) is 0 Å². The second kappa shape index (κ2) is 4.63. The highest BCUT2D eigenvalue weighted by Gasteiger charge is 2.18. The van der Waals surface area contributed by atoms with E-state index in [1.807, 2.05) is 5.38 Å². The van der Waals surface area contributed by atoms with E-state index < -0.39 is 0 Å². The zero-order chi connectivity index (χ0) is 10.7. The Morgan fingerprint density at radius 2 is 2.60 bits per heavy atom. The minimum atomic E-state index is -0.00278. The summed E-state index contributed by atoms with van der Waals surface area (Å²) in [5.41, 5.74) is 0. The largest absolute Gasteiger partial charge is 0.496 e. The molecule has 2 rings (SSSR count). The van der Waals surface area contributed by atoms with Gasteiger partial charge >= 0.3 is 0 Å². The van der Waals surface area contributed by atoms with Crippen molar-refractivity contribution in [2.75, 3.05) is 20.2 Å². The van der Waals surface area contributed by atoms with E-state index in [4.69, 9.17) is 4.74 Å². The van der Waals surface area contributed by atoms with E-state index in [1.165, 1.54) is 11.3 Å². The third-order valence-corrected chi connectivity index (χ3v) is 3.34. The second-order valence-electron chi connectivity index (χ2n) is 3.51. The standard InChI is InChI=1S/C10H14N2O2S/c1-14-8-4-9(15-6-8)10(13)12-7-2-3-11-5-7/h4,6-7,11H,2-3,5H2,1H3,(H,12,13). The average Bonchev–Trinajstić information content (AvgIpc) is 2.86. The lowest BCUT2D eigenvalue weighted by Gasteiger charge is -2.09. The summed E-state index contributed by atoms with van der Waals surface area (Å²) in [5, 5.41) is 8.03. The lowest BCUT2D eigenvalue weighted by Crippen LogP contribution is -2.35. The van der Waals surface area contributed by atoms with Gasteiger partial charge in [0.2, 0.25) is 0 Å². The normalized spacial score (nSPS) is 20.2. The van der Waals surface area contributed by atoms with Crippen molar-refractivity contribution in [3.8, 4) is 5.75 Å². The quantitative estimate of drug-likeness (QED) is 0.803. The zero-order valence-corrected chi connectivity index (χ0v) is 9.39. The smallest absolute Gasteiger partial charge is 0.261 e. The van der Waals surface area contributed by atoms with Gasteiger partial charge in [0.05, 0.1) is 12.0 Å². The Hall–Kier alpha value is -1.07. The maximum Gasteiger partial charge on any atom is 0.261 e. The van der Waals surface area contributed by atoms with Crippen molar-refractivity contribution < 1.29 is 9.53 Å². The van der Waals surface area contributed by atoms with Gasteiger partial charge in [-0.3, -0.25) is 4.79 Å². The van der Waals surface area contributed by atoms with Crippen LogP contribution in [0.25, 0.3) is 0 Å². The van der Waals surface area contributed by atoms with Crippen LogP contribution in [-0.4, -0.2) is 32.1 Å². The van der Waals surface area contributed by atoms with Gasteiger partial charge in [-0.15, -0.1) is 11.3 Å². The summed E-state index contributed by atoms with van der Waals surface area (Å²) in [7, 11) is 1.60. The molecule has 1 amide bonds. The van der Waals surface area contributed by atoms with Gasteiger partial charge in [0, 0.05) is 24.0 Å². The number of carbonyl (C=O) groups excluding carboxylic acids is 1. The van der Waals surface area contributed by atoms with Gasteiger partial charge in [0.25, 0.3) is 5.91 Å². The Morgan fingerprint density at radius 1 is 1.73 bits per heavy atom. The molecule has 0 radical (unpaired) electrons. The number of nitrogens with one attached hydrogen (secondary N) is 2. The molecule has 0 aromatic carbocycles. The first kappa shape index (κ1) is 10.4. The highest BCUT2D eigenvalue weighted by molar-refractivity contribution is 7.12. The fraction of sp³-hybridized carbons (Fsp3) is 0.500. The van der Waals surface area contributed by atoms with Crippen LogP contribution in [0.4, 0.5) is 0 Å². The molecule has 1 fully saturated rings. The van der Waals surface area contributed by atoms with E-state index in [2.05, 4.69) is 10.6 Å². The number of carbonyl (C=O) groups is 1. The molecule has 2 heterocycles. The Labute approximate surface area is 92.6 Å². The molecule has 1 saturated heterocycles. The zero-order valence-electron chi connectivity index (χ0n) is 8.58. The summed E-state index contributed by atoms with van der Waals surface area (Å²) < 4.78 is 5.03. The average molecular weight is 226 g/mol. The van der Waals surface area contributed by atoms with Gasteiger partial charge in [-0.2, -0.15) is 0 Å². The summed E-state index contributed by atoms with van der Waals surface area (Å²) in [6.07, 6.45) is 1.01. The highest BCUT2D eigenvalue weighted by atomic mass is 32.1. The summed E-state index contributed by atoms with van der Waals surface area (Å²) in [4.78, 5) is 12.5. The summed E-state index contributed by atoms with van der Waals surface area (Å²) in [6, 6.07) is 2.04. The first-order valence-electron chi connectivity index (χ1n) is 4.93. The Bertz CT molecular complexity index is 345. The van der Waals surface area contributed by atoms with Crippen molar-refractivity contribution in [2.24, 2.45) is 0 Å². The number of amides is 1. The predicted octanol–water partition coefficient (Wildman–Crippen LogP) is 0.848. The number of hydrogen-bond acceptors (Lipinski definition) is 4. The highest BCUT2D eigenvalue weighted by Crippen LogP contribution is 2.21. The molecule has 15 heavy (non-hydrogen) atoms. The van der Waals surface area contributed by atoms with Crippen molar-refractivity contribution in [1.82, 2.24) is 10.6 Å². The van der Waals surface area contributed by atoms with E-state index in [0.717, 1.165) is 25.3 Å². The molecule has 1 aromatic rings. The lowest BCUT2D eigenvalue weighted by molar-refractivity contribution is 0.0944. The third kappa shape index (κ3) is 2.49. The molecular weight excluding hydrogens is 212 g/mol. The number of methoxy groups -OCH3 is 1. The number of ether oxygens (including phenoxy) is 1. The van der Waals surface area contributed by atoms with Crippen molar-refractivity contribution in [2.45, 2.75) is 12.5 Å². The third-order valence-electron chi connectivity index (χ3n) is 2.43. The van der Waals surface area contributed by atoms with Crippen molar-refractivity contribution >= 4 is 17.2 Å². The number of rotatable bonds is 3. The second-order valence-corrected chi connectivity index (χ2v) is 4.43. The van der Waals surface area contributed by atoms with Crippen LogP contribution in [0.1, 0.15) is 16.1 Å². The van der Waals surface area contributed by atoms with Gasteiger partial charge < -0.3 is 15.4 Å². The van der Waals surface area contributed by atoms with Crippen LogP contribution in [0.15, 0.2) is 11.4 Å². The molecule has 1 aliphatic heterocycles. The molecule has 1 aromatic heterocycles. The van der Waals surface area contributed by atoms with Crippen LogP contribution in [-0.2, 0) is 0 Å². The number of thiophene rings is 1. The molecule has 82 valence electrons. The van der Waals surface area contributed by atoms with Gasteiger partial charge in [-0.05, 0) is 13.0 Å². The summed E-state index contributed by atoms with van der Waals surface area (Å²) >= 11 is 1.41. The fourth-order valence-corrected chi connectivity index (χ4v) is 2.34. The number of hydrogen-bond donors (Lipinski definition) is 2. The van der Waals surface area contributed by atoms with E-state index in [1.54, 1.807) is 13.2 Å². The van der Waals surface area contributed by atoms with E-state index in [-0.39, 0.29) is 11.9 Å². The summed E-state index contributed by atoms with van der Waals surface area (Å²) in [6.45, 7) is 1.85. The minimum Gasteiger partial charge on any atom is -0.496 e. The maximum atomic E-state index is 11.7. The van der Waals surface area contributed by atoms with E-state index in [0.29, 0.717) is 4.88 Å². The molecule has 0 spiro atoms. The minimum absolute atomic E-state index is 0.00278. The molecule has 0 bridgehead atoms. The molecule has 4 nitrogen and oxygen atoms in total. The van der Waals surface area contributed by atoms with Crippen LogP contribution in [0, 0.1) is 0 Å².